The highest BCUT2D eigenvalue weighted by Crippen LogP contribution is 2.11. The van der Waals surface area contributed by atoms with E-state index in [9.17, 15) is 9.00 Å². The van der Waals surface area contributed by atoms with E-state index in [1.54, 1.807) is 20.1 Å². The Morgan fingerprint density at radius 3 is 2.43 bits per heavy atom. The van der Waals surface area contributed by atoms with Crippen molar-refractivity contribution in [3.63, 3.8) is 0 Å². The van der Waals surface area contributed by atoms with Crippen LogP contribution >= 0.6 is 0 Å². The number of carbonyl (C=O) groups is 1. The molecule has 0 aliphatic heterocycles. The number of nitrogens with two attached hydrogens (primary N) is 1. The molecule has 2 atom stereocenters. The van der Waals surface area contributed by atoms with Crippen molar-refractivity contribution in [3.8, 4) is 0 Å². The van der Waals surface area contributed by atoms with Gasteiger partial charge in [0.15, 0.2) is 0 Å². The molecule has 0 aromatic carbocycles. The first-order valence-electron chi connectivity index (χ1n) is 4.62. The Morgan fingerprint density at radius 2 is 2.07 bits per heavy atom. The van der Waals surface area contributed by atoms with Crippen LogP contribution in [-0.4, -0.2) is 34.7 Å². The molecule has 0 fully saturated rings. The van der Waals surface area contributed by atoms with Crippen LogP contribution in [0.3, 0.4) is 0 Å². The van der Waals surface area contributed by atoms with Crippen LogP contribution < -0.4 is 11.1 Å². The van der Waals surface area contributed by atoms with Crippen molar-refractivity contribution < 1.29 is 9.00 Å². The fourth-order valence-electron chi connectivity index (χ4n) is 0.686. The number of hydrogen-bond donors (Lipinski definition) is 2. The molecule has 84 valence electrons. The molecule has 0 bridgehead atoms. The lowest BCUT2D eigenvalue weighted by Gasteiger charge is -2.22. The molecule has 1 amide bonds. The van der Waals surface area contributed by atoms with Gasteiger partial charge < -0.3 is 11.1 Å². The third-order valence-electron chi connectivity index (χ3n) is 2.24. The zero-order valence-corrected chi connectivity index (χ0v) is 10.1. The summed E-state index contributed by atoms with van der Waals surface area (Å²) in [5, 5.41) is 2.72. The van der Waals surface area contributed by atoms with Crippen LogP contribution in [0.5, 0.6) is 0 Å². The van der Waals surface area contributed by atoms with Gasteiger partial charge in [0.25, 0.3) is 0 Å². The van der Waals surface area contributed by atoms with Gasteiger partial charge in [-0.05, 0) is 20.8 Å². The van der Waals surface area contributed by atoms with Crippen LogP contribution in [0.15, 0.2) is 0 Å². The van der Waals surface area contributed by atoms with Crippen LogP contribution in [0.1, 0.15) is 20.8 Å². The number of nitrogens with one attached hydrogen (secondary N) is 1. The van der Waals surface area contributed by atoms with Crippen molar-refractivity contribution in [1.82, 2.24) is 5.32 Å². The molecule has 14 heavy (non-hydrogen) atoms. The molecule has 4 nitrogen and oxygen atoms in total. The molecular weight excluding hydrogens is 200 g/mol. The SMILES string of the molecule is CC(CNC(=O)C(C)(C)CN)S(C)=O. The van der Waals surface area contributed by atoms with Crippen LogP contribution in [-0.2, 0) is 15.6 Å². The topological polar surface area (TPSA) is 72.2 Å². The summed E-state index contributed by atoms with van der Waals surface area (Å²) >= 11 is 0. The standard InChI is InChI=1S/C9H20N2O2S/c1-7(14(4)13)5-11-8(12)9(2,3)6-10/h7H,5-6,10H2,1-4H3,(H,11,12). The Kier molecular flexibility index (Phi) is 5.29. The minimum atomic E-state index is -0.901. The van der Waals surface area contributed by atoms with Gasteiger partial charge >= 0.3 is 0 Å². The minimum Gasteiger partial charge on any atom is -0.354 e. The lowest BCUT2D eigenvalue weighted by atomic mass is 9.93. The largest absolute Gasteiger partial charge is 0.354 e. The van der Waals surface area contributed by atoms with Gasteiger partial charge in [-0.2, -0.15) is 0 Å². The van der Waals surface area contributed by atoms with E-state index >= 15 is 0 Å². The molecule has 2 unspecified atom stereocenters. The van der Waals surface area contributed by atoms with Gasteiger partial charge in [0.05, 0.1) is 5.41 Å². The molecule has 5 heteroatoms. The zero-order valence-electron chi connectivity index (χ0n) is 9.29. The van der Waals surface area contributed by atoms with E-state index < -0.39 is 16.2 Å². The molecule has 0 aromatic rings. The molecular formula is C9H20N2O2S. The molecule has 0 saturated heterocycles. The van der Waals surface area contributed by atoms with Gasteiger partial charge in [0.2, 0.25) is 5.91 Å². The van der Waals surface area contributed by atoms with E-state index in [2.05, 4.69) is 5.32 Å². The summed E-state index contributed by atoms with van der Waals surface area (Å²) in [6.07, 6.45) is 1.63. The maximum Gasteiger partial charge on any atom is 0.226 e. The number of rotatable bonds is 5. The average molecular weight is 220 g/mol. The number of carbonyl (C=O) groups excluding carboxylic acids is 1. The van der Waals surface area contributed by atoms with Gasteiger partial charge in [-0.1, -0.05) is 0 Å². The molecule has 0 spiro atoms. The van der Waals surface area contributed by atoms with Gasteiger partial charge in [-0.25, -0.2) is 0 Å². The molecule has 3 N–H and O–H groups in total. The van der Waals surface area contributed by atoms with Crippen molar-refractivity contribution in [3.05, 3.63) is 0 Å². The van der Waals surface area contributed by atoms with E-state index in [1.807, 2.05) is 6.92 Å². The fraction of sp³-hybridized carbons (Fsp3) is 0.889. The Morgan fingerprint density at radius 1 is 1.57 bits per heavy atom. The predicted octanol–water partition coefficient (Wildman–Crippen LogP) is -0.145. The number of hydrogen-bond acceptors (Lipinski definition) is 3. The third-order valence-corrected chi connectivity index (χ3v) is 3.54. The Balaban J connectivity index is 4.03. The van der Waals surface area contributed by atoms with Crippen molar-refractivity contribution in [1.29, 1.82) is 0 Å². The first kappa shape index (κ1) is 13.6. The van der Waals surface area contributed by atoms with Crippen LogP contribution in [0.4, 0.5) is 0 Å². The Hall–Kier alpha value is -0.420. The zero-order chi connectivity index (χ0) is 11.4. The van der Waals surface area contributed by atoms with Gasteiger partial charge in [-0.15, -0.1) is 0 Å². The van der Waals surface area contributed by atoms with E-state index in [-0.39, 0.29) is 11.2 Å². The monoisotopic (exact) mass is 220 g/mol. The maximum absolute atomic E-state index is 11.5. The minimum absolute atomic E-state index is 0.0208. The van der Waals surface area contributed by atoms with E-state index in [0.717, 1.165) is 0 Å². The highest BCUT2D eigenvalue weighted by Gasteiger charge is 2.25. The van der Waals surface area contributed by atoms with Crippen molar-refractivity contribution in [2.75, 3.05) is 19.3 Å². The lowest BCUT2D eigenvalue weighted by molar-refractivity contribution is -0.128. The number of amides is 1. The predicted molar refractivity (Wildman–Crippen MR) is 59.4 cm³/mol. The summed E-state index contributed by atoms with van der Waals surface area (Å²) in [5.41, 5.74) is 4.91. The molecule has 0 heterocycles. The summed E-state index contributed by atoms with van der Waals surface area (Å²) in [6.45, 7) is 6.16. The third kappa shape index (κ3) is 4.19. The molecule has 0 aliphatic carbocycles. The molecule has 0 aliphatic rings. The second-order valence-electron chi connectivity index (χ2n) is 4.11. The normalized spacial score (nSPS) is 16.1. The summed E-state index contributed by atoms with van der Waals surface area (Å²) in [5.74, 6) is -0.0858. The highest BCUT2D eigenvalue weighted by atomic mass is 32.2. The summed E-state index contributed by atoms with van der Waals surface area (Å²) in [4.78, 5) is 11.5. The second-order valence-corrected chi connectivity index (χ2v) is 5.91. The second kappa shape index (κ2) is 5.46. The summed E-state index contributed by atoms with van der Waals surface area (Å²) < 4.78 is 11.0. The van der Waals surface area contributed by atoms with E-state index in [0.29, 0.717) is 13.1 Å². The summed E-state index contributed by atoms with van der Waals surface area (Å²) in [6, 6.07) is 0. The van der Waals surface area contributed by atoms with E-state index in [1.165, 1.54) is 0 Å². The lowest BCUT2D eigenvalue weighted by Crippen LogP contribution is -2.44. The maximum atomic E-state index is 11.5. The Labute approximate surface area is 88.1 Å². The van der Waals surface area contributed by atoms with E-state index in [4.69, 9.17) is 5.73 Å². The smallest absolute Gasteiger partial charge is 0.226 e. The molecule has 0 saturated carbocycles. The summed E-state index contributed by atoms with van der Waals surface area (Å²) in [7, 11) is -0.901. The molecule has 0 aromatic heterocycles. The van der Waals surface area contributed by atoms with Crippen LogP contribution in [0.25, 0.3) is 0 Å². The molecule has 0 radical (unpaired) electrons. The fourth-order valence-corrected chi connectivity index (χ4v) is 1.00. The van der Waals surface area contributed by atoms with Crippen LogP contribution in [0, 0.1) is 5.41 Å². The highest BCUT2D eigenvalue weighted by molar-refractivity contribution is 7.84. The Bertz CT molecular complexity index is 229. The average Bonchev–Trinajstić information content (AvgIpc) is 2.13. The molecule has 0 rings (SSSR count). The first-order valence-corrected chi connectivity index (χ1v) is 6.24. The quantitative estimate of drug-likeness (QED) is 0.677. The van der Waals surface area contributed by atoms with Crippen molar-refractivity contribution in [2.24, 2.45) is 11.1 Å². The van der Waals surface area contributed by atoms with Crippen molar-refractivity contribution >= 4 is 16.7 Å². The van der Waals surface area contributed by atoms with Gasteiger partial charge in [0, 0.05) is 35.4 Å². The first-order chi connectivity index (χ1) is 6.31. The van der Waals surface area contributed by atoms with Gasteiger partial charge in [0.1, 0.15) is 0 Å². The van der Waals surface area contributed by atoms with Crippen molar-refractivity contribution in [2.45, 2.75) is 26.0 Å². The van der Waals surface area contributed by atoms with Crippen LogP contribution in [0.2, 0.25) is 0 Å². The van der Waals surface area contributed by atoms with Gasteiger partial charge in [-0.3, -0.25) is 9.00 Å².